The summed E-state index contributed by atoms with van der Waals surface area (Å²) in [5, 5.41) is 1.21. The van der Waals surface area contributed by atoms with Crippen LogP contribution in [0.5, 0.6) is 0 Å². The van der Waals surface area contributed by atoms with Gasteiger partial charge in [0.15, 0.2) is 0 Å². The largest absolute Gasteiger partial charge is 0.355 e. The molecule has 2 bridgehead atoms. The van der Waals surface area contributed by atoms with Crippen molar-refractivity contribution in [2.45, 2.75) is 32.6 Å². The second-order valence-corrected chi connectivity index (χ2v) is 6.42. The average Bonchev–Trinajstić information content (AvgIpc) is 2.46. The van der Waals surface area contributed by atoms with E-state index in [9.17, 15) is 0 Å². The van der Waals surface area contributed by atoms with Gasteiger partial charge in [-0.3, -0.25) is 0 Å². The summed E-state index contributed by atoms with van der Waals surface area (Å²) >= 11 is 0. The molecule has 1 aliphatic heterocycles. The Hall–Kier alpha value is -1.64. The van der Waals surface area contributed by atoms with Gasteiger partial charge in [0, 0.05) is 18.5 Å². The molecule has 3 heteroatoms. The lowest BCUT2D eigenvalue weighted by Crippen LogP contribution is -2.43. The number of anilines is 1. The molecule has 4 rings (SSSR count). The maximum Gasteiger partial charge on any atom is 0.140 e. The Morgan fingerprint density at radius 2 is 1.80 bits per heavy atom. The predicted molar refractivity (Wildman–Crippen MR) is 81.9 cm³/mol. The standard InChI is InChI=1S/C17H21N3/c1-12-18-16-8-3-2-7-15(16)17(19-12)20-10-13-5-4-6-14(9-13)11-20/h2-3,7-8,13-14H,4-6,9-11H2,1H3/t13-,14-/m0/s1. The van der Waals surface area contributed by atoms with E-state index >= 15 is 0 Å². The van der Waals surface area contributed by atoms with Crippen LogP contribution in [0.15, 0.2) is 24.3 Å². The molecule has 20 heavy (non-hydrogen) atoms. The molecule has 2 heterocycles. The minimum Gasteiger partial charge on any atom is -0.355 e. The van der Waals surface area contributed by atoms with Crippen LogP contribution in [0.2, 0.25) is 0 Å². The van der Waals surface area contributed by atoms with Gasteiger partial charge in [-0.25, -0.2) is 9.97 Å². The van der Waals surface area contributed by atoms with Crippen molar-refractivity contribution < 1.29 is 0 Å². The zero-order chi connectivity index (χ0) is 13.5. The van der Waals surface area contributed by atoms with Crippen LogP contribution in [0.4, 0.5) is 5.82 Å². The third kappa shape index (κ3) is 2.05. The first-order valence-corrected chi connectivity index (χ1v) is 7.78. The highest BCUT2D eigenvalue weighted by Crippen LogP contribution is 2.37. The van der Waals surface area contributed by atoms with Gasteiger partial charge in [-0.05, 0) is 50.2 Å². The fourth-order valence-corrected chi connectivity index (χ4v) is 4.02. The molecule has 104 valence electrons. The van der Waals surface area contributed by atoms with Gasteiger partial charge >= 0.3 is 0 Å². The van der Waals surface area contributed by atoms with Crippen molar-refractivity contribution in [3.8, 4) is 0 Å². The Morgan fingerprint density at radius 1 is 1.05 bits per heavy atom. The van der Waals surface area contributed by atoms with Crippen LogP contribution in [-0.2, 0) is 0 Å². The van der Waals surface area contributed by atoms with Gasteiger partial charge in [0.1, 0.15) is 11.6 Å². The first-order valence-electron chi connectivity index (χ1n) is 7.78. The van der Waals surface area contributed by atoms with Crippen LogP contribution in [0.3, 0.4) is 0 Å². The molecule has 0 unspecified atom stereocenters. The van der Waals surface area contributed by atoms with E-state index in [1.165, 1.54) is 44.2 Å². The number of aromatic nitrogens is 2. The fraction of sp³-hybridized carbons (Fsp3) is 0.529. The highest BCUT2D eigenvalue weighted by Gasteiger charge is 2.31. The van der Waals surface area contributed by atoms with E-state index < -0.39 is 0 Å². The third-order valence-corrected chi connectivity index (χ3v) is 4.84. The van der Waals surface area contributed by atoms with E-state index in [0.29, 0.717) is 0 Å². The van der Waals surface area contributed by atoms with E-state index in [2.05, 4.69) is 34.1 Å². The molecule has 2 aromatic rings. The van der Waals surface area contributed by atoms with Gasteiger partial charge in [0.05, 0.1) is 5.52 Å². The van der Waals surface area contributed by atoms with E-state index in [4.69, 9.17) is 4.98 Å². The molecule has 0 amide bonds. The van der Waals surface area contributed by atoms with Gasteiger partial charge in [-0.15, -0.1) is 0 Å². The van der Waals surface area contributed by atoms with Crippen molar-refractivity contribution in [1.29, 1.82) is 0 Å². The molecule has 1 saturated heterocycles. The van der Waals surface area contributed by atoms with E-state index in [1.54, 1.807) is 0 Å². The minimum absolute atomic E-state index is 0.872. The van der Waals surface area contributed by atoms with Gasteiger partial charge < -0.3 is 4.90 Å². The van der Waals surface area contributed by atoms with Gasteiger partial charge in [-0.2, -0.15) is 0 Å². The van der Waals surface area contributed by atoms with Crippen LogP contribution in [0.25, 0.3) is 10.9 Å². The fourth-order valence-electron chi connectivity index (χ4n) is 4.02. The molecule has 1 saturated carbocycles. The molecule has 2 atom stereocenters. The van der Waals surface area contributed by atoms with Crippen molar-refractivity contribution in [2.75, 3.05) is 18.0 Å². The Kier molecular flexibility index (Phi) is 2.86. The maximum absolute atomic E-state index is 4.77. The normalized spacial score (nSPS) is 25.9. The van der Waals surface area contributed by atoms with Crippen molar-refractivity contribution in [2.24, 2.45) is 11.8 Å². The molecular formula is C17H21N3. The highest BCUT2D eigenvalue weighted by atomic mass is 15.2. The van der Waals surface area contributed by atoms with Crippen LogP contribution >= 0.6 is 0 Å². The Morgan fingerprint density at radius 3 is 2.60 bits per heavy atom. The van der Waals surface area contributed by atoms with Crippen molar-refractivity contribution in [3.63, 3.8) is 0 Å². The Balaban J connectivity index is 1.77. The summed E-state index contributed by atoms with van der Waals surface area (Å²) in [6.45, 7) is 4.36. The molecule has 0 radical (unpaired) electrons. The van der Waals surface area contributed by atoms with E-state index in [1.807, 2.05) is 6.92 Å². The summed E-state index contributed by atoms with van der Waals surface area (Å²) < 4.78 is 0. The molecule has 1 aromatic heterocycles. The molecule has 0 spiro atoms. The van der Waals surface area contributed by atoms with Crippen molar-refractivity contribution in [1.82, 2.24) is 9.97 Å². The van der Waals surface area contributed by atoms with Gasteiger partial charge in [0.25, 0.3) is 0 Å². The van der Waals surface area contributed by atoms with Crippen LogP contribution in [0.1, 0.15) is 31.5 Å². The lowest BCUT2D eigenvalue weighted by Gasteiger charge is -2.42. The van der Waals surface area contributed by atoms with Gasteiger partial charge in [0.2, 0.25) is 0 Å². The summed E-state index contributed by atoms with van der Waals surface area (Å²) in [5.41, 5.74) is 1.07. The number of hydrogen-bond acceptors (Lipinski definition) is 3. The Bertz CT molecular complexity index is 625. The number of piperidine rings is 1. The van der Waals surface area contributed by atoms with Crippen LogP contribution in [-0.4, -0.2) is 23.1 Å². The smallest absolute Gasteiger partial charge is 0.140 e. The van der Waals surface area contributed by atoms with Crippen molar-refractivity contribution >= 4 is 16.7 Å². The number of benzene rings is 1. The second-order valence-electron chi connectivity index (χ2n) is 6.42. The molecule has 1 aromatic carbocycles. The van der Waals surface area contributed by atoms with E-state index in [-0.39, 0.29) is 0 Å². The molecular weight excluding hydrogens is 246 g/mol. The first-order chi connectivity index (χ1) is 9.79. The minimum atomic E-state index is 0.872. The number of fused-ring (bicyclic) bond motifs is 3. The summed E-state index contributed by atoms with van der Waals surface area (Å²) in [5.74, 6) is 3.78. The Labute approximate surface area is 120 Å². The molecule has 0 N–H and O–H groups in total. The number of rotatable bonds is 1. The SMILES string of the molecule is Cc1nc(N2C[C@H]3CCC[C@@H](C3)C2)c2ccccc2n1. The van der Waals surface area contributed by atoms with Crippen LogP contribution in [0, 0.1) is 18.8 Å². The highest BCUT2D eigenvalue weighted by molar-refractivity contribution is 5.89. The summed E-state index contributed by atoms with van der Waals surface area (Å²) in [6, 6.07) is 8.41. The number of nitrogens with zero attached hydrogens (tertiary/aromatic N) is 3. The summed E-state index contributed by atoms with van der Waals surface area (Å²) in [6.07, 6.45) is 5.65. The zero-order valence-corrected chi connectivity index (χ0v) is 12.0. The third-order valence-electron chi connectivity index (χ3n) is 4.84. The number of aryl methyl sites for hydroxylation is 1. The second kappa shape index (κ2) is 4.72. The van der Waals surface area contributed by atoms with Gasteiger partial charge in [-0.1, -0.05) is 18.6 Å². The lowest BCUT2D eigenvalue weighted by atomic mass is 9.78. The van der Waals surface area contributed by atoms with Crippen molar-refractivity contribution in [3.05, 3.63) is 30.1 Å². The first kappa shape index (κ1) is 12.1. The van der Waals surface area contributed by atoms with E-state index in [0.717, 1.165) is 29.0 Å². The number of hydrogen-bond donors (Lipinski definition) is 0. The lowest BCUT2D eigenvalue weighted by molar-refractivity contribution is 0.231. The molecule has 2 aliphatic rings. The zero-order valence-electron chi connectivity index (χ0n) is 12.0. The predicted octanol–water partition coefficient (Wildman–Crippen LogP) is 3.56. The molecule has 2 fully saturated rings. The molecule has 3 nitrogen and oxygen atoms in total. The molecule has 1 aliphatic carbocycles. The summed E-state index contributed by atoms with van der Waals surface area (Å²) in [4.78, 5) is 11.9. The maximum atomic E-state index is 4.77. The number of para-hydroxylation sites is 1. The summed E-state index contributed by atoms with van der Waals surface area (Å²) in [7, 11) is 0. The topological polar surface area (TPSA) is 29.0 Å². The average molecular weight is 267 g/mol. The van der Waals surface area contributed by atoms with Crippen LogP contribution < -0.4 is 4.90 Å². The monoisotopic (exact) mass is 267 g/mol. The quantitative estimate of drug-likeness (QED) is 0.791.